The predicted molar refractivity (Wildman–Crippen MR) is 74.6 cm³/mol. The van der Waals surface area contributed by atoms with Gasteiger partial charge in [0.1, 0.15) is 23.8 Å². The second-order valence-electron chi connectivity index (χ2n) is 4.34. The molecule has 0 unspecified atom stereocenters. The Hall–Kier alpha value is -2.43. The molecule has 0 radical (unpaired) electrons. The minimum Gasteiger partial charge on any atom is -0.497 e. The van der Waals surface area contributed by atoms with E-state index in [2.05, 4.69) is 0 Å². The van der Waals surface area contributed by atoms with E-state index in [4.69, 9.17) is 14.6 Å². The molecule has 0 amide bonds. The average Bonchev–Trinajstić information content (AvgIpc) is 2.81. The molecule has 0 atom stereocenters. The first-order valence-electron chi connectivity index (χ1n) is 6.28. The van der Waals surface area contributed by atoms with Crippen molar-refractivity contribution in [2.75, 3.05) is 13.7 Å². The Morgan fingerprint density at radius 3 is 2.40 bits per heavy atom. The van der Waals surface area contributed by atoms with Crippen molar-refractivity contribution in [2.24, 2.45) is 0 Å². The third-order valence-corrected chi connectivity index (χ3v) is 3.06. The molecule has 1 N–H and O–H groups in total. The number of rotatable bonds is 6. The van der Waals surface area contributed by atoms with Crippen LogP contribution in [0.25, 0.3) is 0 Å². The van der Waals surface area contributed by atoms with Crippen LogP contribution in [0.1, 0.15) is 16.2 Å². The molecule has 1 aromatic heterocycles. The maximum Gasteiger partial charge on any atom is 0.352 e. The number of aromatic nitrogens is 1. The molecule has 0 aliphatic heterocycles. The van der Waals surface area contributed by atoms with Gasteiger partial charge in [-0.25, -0.2) is 4.79 Å². The summed E-state index contributed by atoms with van der Waals surface area (Å²) in [6.07, 6.45) is 0. The number of methoxy groups -OCH3 is 1. The summed E-state index contributed by atoms with van der Waals surface area (Å²) in [6.45, 7) is 2.77. The summed E-state index contributed by atoms with van der Waals surface area (Å²) in [6, 6.07) is 10.7. The molecule has 20 heavy (non-hydrogen) atoms. The number of aryl methyl sites for hydroxylation is 1. The summed E-state index contributed by atoms with van der Waals surface area (Å²) in [7, 11) is 1.61. The van der Waals surface area contributed by atoms with E-state index in [1.54, 1.807) is 23.8 Å². The quantitative estimate of drug-likeness (QED) is 0.880. The largest absolute Gasteiger partial charge is 0.497 e. The zero-order valence-corrected chi connectivity index (χ0v) is 11.5. The highest BCUT2D eigenvalue weighted by Crippen LogP contribution is 2.17. The van der Waals surface area contributed by atoms with Gasteiger partial charge in [0, 0.05) is 5.69 Å². The first-order chi connectivity index (χ1) is 9.61. The number of benzene rings is 1. The highest BCUT2D eigenvalue weighted by Gasteiger charge is 2.11. The van der Waals surface area contributed by atoms with E-state index in [0.29, 0.717) is 13.2 Å². The van der Waals surface area contributed by atoms with Gasteiger partial charge in [0.05, 0.1) is 13.7 Å². The van der Waals surface area contributed by atoms with E-state index in [9.17, 15) is 4.79 Å². The summed E-state index contributed by atoms with van der Waals surface area (Å²) in [5, 5.41) is 9.08. The van der Waals surface area contributed by atoms with Crippen molar-refractivity contribution in [1.82, 2.24) is 4.57 Å². The number of hydrogen-bond donors (Lipinski definition) is 1. The van der Waals surface area contributed by atoms with Crippen molar-refractivity contribution in [3.63, 3.8) is 0 Å². The van der Waals surface area contributed by atoms with Crippen LogP contribution in [0.2, 0.25) is 0 Å². The van der Waals surface area contributed by atoms with Crippen LogP contribution in [0.3, 0.4) is 0 Å². The van der Waals surface area contributed by atoms with Crippen LogP contribution in [0.5, 0.6) is 11.5 Å². The molecule has 0 aliphatic rings. The lowest BCUT2D eigenvalue weighted by atomic mass is 10.3. The average molecular weight is 275 g/mol. The normalized spacial score (nSPS) is 10.3. The van der Waals surface area contributed by atoms with Gasteiger partial charge in [-0.3, -0.25) is 0 Å². The molecule has 0 saturated heterocycles. The first-order valence-corrected chi connectivity index (χ1v) is 6.28. The molecule has 0 aliphatic carbocycles. The number of nitrogens with zero attached hydrogens (tertiary/aromatic N) is 1. The molecule has 5 nitrogen and oxygen atoms in total. The van der Waals surface area contributed by atoms with Gasteiger partial charge in [-0.05, 0) is 43.3 Å². The smallest absolute Gasteiger partial charge is 0.352 e. The highest BCUT2D eigenvalue weighted by molar-refractivity contribution is 5.86. The van der Waals surface area contributed by atoms with Crippen LogP contribution in [-0.2, 0) is 6.54 Å². The van der Waals surface area contributed by atoms with Crippen molar-refractivity contribution in [2.45, 2.75) is 13.5 Å². The van der Waals surface area contributed by atoms with Gasteiger partial charge >= 0.3 is 5.97 Å². The number of carboxylic acid groups (broad SMARTS) is 1. The minimum atomic E-state index is -0.928. The van der Waals surface area contributed by atoms with Gasteiger partial charge < -0.3 is 19.1 Å². The van der Waals surface area contributed by atoms with E-state index < -0.39 is 5.97 Å². The lowest BCUT2D eigenvalue weighted by Crippen LogP contribution is -2.14. The zero-order chi connectivity index (χ0) is 14.5. The van der Waals surface area contributed by atoms with Gasteiger partial charge in [-0.15, -0.1) is 0 Å². The molecular weight excluding hydrogens is 258 g/mol. The summed E-state index contributed by atoms with van der Waals surface area (Å²) in [5.41, 5.74) is 1.18. The minimum absolute atomic E-state index is 0.279. The van der Waals surface area contributed by atoms with Gasteiger partial charge in [0.25, 0.3) is 0 Å². The van der Waals surface area contributed by atoms with Crippen molar-refractivity contribution in [1.29, 1.82) is 0 Å². The predicted octanol–water partition coefficient (Wildman–Crippen LogP) is 2.58. The monoisotopic (exact) mass is 275 g/mol. The molecule has 1 aromatic carbocycles. The Bertz CT molecular complexity index is 586. The Morgan fingerprint density at radius 2 is 1.80 bits per heavy atom. The highest BCUT2D eigenvalue weighted by atomic mass is 16.5. The molecule has 106 valence electrons. The number of carbonyl (C=O) groups is 1. The van der Waals surface area contributed by atoms with Gasteiger partial charge in [0.2, 0.25) is 0 Å². The fraction of sp³-hybridized carbons (Fsp3) is 0.267. The standard InChI is InChI=1S/C15H17NO4/c1-11-3-8-14(15(17)18)16(11)9-10-20-13-6-4-12(19-2)5-7-13/h3-8H,9-10H2,1-2H3,(H,17,18). The number of ether oxygens (including phenoxy) is 2. The first kappa shape index (κ1) is 14.0. The van der Waals surface area contributed by atoms with Crippen molar-refractivity contribution < 1.29 is 19.4 Å². The number of aromatic carboxylic acids is 1. The molecule has 2 aromatic rings. The molecule has 0 spiro atoms. The Kier molecular flexibility index (Phi) is 4.30. The molecule has 0 fully saturated rings. The SMILES string of the molecule is COc1ccc(OCCn2c(C)ccc2C(=O)O)cc1. The van der Waals surface area contributed by atoms with E-state index in [-0.39, 0.29) is 5.69 Å². The van der Waals surface area contributed by atoms with E-state index in [0.717, 1.165) is 17.2 Å². The fourth-order valence-corrected chi connectivity index (χ4v) is 1.98. The van der Waals surface area contributed by atoms with Crippen molar-refractivity contribution in [3.05, 3.63) is 47.8 Å². The van der Waals surface area contributed by atoms with Crippen molar-refractivity contribution in [3.8, 4) is 11.5 Å². The van der Waals surface area contributed by atoms with Gasteiger partial charge in [0.15, 0.2) is 0 Å². The summed E-state index contributed by atoms with van der Waals surface area (Å²) in [4.78, 5) is 11.1. The van der Waals surface area contributed by atoms with Gasteiger partial charge in [-0.1, -0.05) is 0 Å². The second-order valence-corrected chi connectivity index (χ2v) is 4.34. The third-order valence-electron chi connectivity index (χ3n) is 3.06. The second kappa shape index (κ2) is 6.14. The molecule has 5 heteroatoms. The zero-order valence-electron chi connectivity index (χ0n) is 11.5. The topological polar surface area (TPSA) is 60.7 Å². The van der Waals surface area contributed by atoms with E-state index in [1.165, 1.54) is 0 Å². The van der Waals surface area contributed by atoms with Crippen LogP contribution in [0.4, 0.5) is 0 Å². The molecule has 0 saturated carbocycles. The maximum absolute atomic E-state index is 11.1. The lowest BCUT2D eigenvalue weighted by Gasteiger charge is -2.11. The van der Waals surface area contributed by atoms with Crippen LogP contribution in [0, 0.1) is 6.92 Å². The molecule has 1 heterocycles. The molecule has 0 bridgehead atoms. The lowest BCUT2D eigenvalue weighted by molar-refractivity contribution is 0.0683. The van der Waals surface area contributed by atoms with Crippen LogP contribution < -0.4 is 9.47 Å². The van der Waals surface area contributed by atoms with Crippen LogP contribution in [-0.4, -0.2) is 29.4 Å². The molecule has 2 rings (SSSR count). The van der Waals surface area contributed by atoms with E-state index >= 15 is 0 Å². The summed E-state index contributed by atoms with van der Waals surface area (Å²) < 4.78 is 12.4. The third kappa shape index (κ3) is 3.12. The van der Waals surface area contributed by atoms with Crippen molar-refractivity contribution >= 4 is 5.97 Å². The Labute approximate surface area is 117 Å². The van der Waals surface area contributed by atoms with E-state index in [1.807, 2.05) is 31.2 Å². The Morgan fingerprint density at radius 1 is 1.15 bits per heavy atom. The number of carboxylic acids is 1. The fourth-order valence-electron chi connectivity index (χ4n) is 1.98. The molecular formula is C15H17NO4. The van der Waals surface area contributed by atoms with Crippen LogP contribution in [0.15, 0.2) is 36.4 Å². The van der Waals surface area contributed by atoms with Gasteiger partial charge in [-0.2, -0.15) is 0 Å². The summed E-state index contributed by atoms with van der Waals surface area (Å²) >= 11 is 0. The maximum atomic E-state index is 11.1. The number of hydrogen-bond acceptors (Lipinski definition) is 3. The van der Waals surface area contributed by atoms with Crippen LogP contribution >= 0.6 is 0 Å². The Balaban J connectivity index is 1.95. The summed E-state index contributed by atoms with van der Waals surface area (Å²) in [5.74, 6) is 0.571.